The van der Waals surface area contributed by atoms with E-state index in [1.54, 1.807) is 0 Å². The van der Waals surface area contributed by atoms with Crippen molar-refractivity contribution in [2.24, 2.45) is 0 Å². The number of hydrogen-bond donors (Lipinski definition) is 0. The number of ether oxygens (including phenoxy) is 1. The maximum Gasteiger partial charge on any atom is 0.141 e. The molecule has 4 heteroatoms. The highest BCUT2D eigenvalue weighted by Crippen LogP contribution is 2.33. The van der Waals surface area contributed by atoms with Crippen molar-refractivity contribution in [3.8, 4) is 11.5 Å². The molecule has 0 fully saturated rings. The van der Waals surface area contributed by atoms with Gasteiger partial charge >= 0.3 is 0 Å². The molecule has 0 spiro atoms. The summed E-state index contributed by atoms with van der Waals surface area (Å²) >= 11 is 12.7. The molecule has 2 aromatic carbocycles. The topological polar surface area (TPSA) is 9.23 Å². The zero-order chi connectivity index (χ0) is 13.1. The molecule has 0 saturated heterocycles. The fourth-order valence-electron chi connectivity index (χ4n) is 1.56. The molecule has 0 saturated carbocycles. The molecule has 18 heavy (non-hydrogen) atoms. The Morgan fingerprint density at radius 1 is 1.06 bits per heavy atom. The zero-order valence-corrected chi connectivity index (χ0v) is 13.6. The molecule has 2 aromatic rings. The fraction of sp³-hybridized carbons (Fsp3) is 0.143. The van der Waals surface area contributed by atoms with Crippen LogP contribution in [0.3, 0.4) is 0 Å². The van der Waals surface area contributed by atoms with E-state index in [1.807, 2.05) is 43.3 Å². The van der Waals surface area contributed by atoms with Crippen LogP contribution in [-0.4, -0.2) is 0 Å². The molecule has 0 atom stereocenters. The highest BCUT2D eigenvalue weighted by atomic mass is 79.9. The predicted octanol–water partition coefficient (Wildman–Crippen LogP) is 6.05. The van der Waals surface area contributed by atoms with E-state index in [0.29, 0.717) is 5.88 Å². The maximum atomic E-state index is 5.88. The van der Waals surface area contributed by atoms with E-state index in [4.69, 9.17) is 16.3 Å². The summed E-state index contributed by atoms with van der Waals surface area (Å²) in [5.74, 6) is 2.13. The van der Waals surface area contributed by atoms with Gasteiger partial charge in [0.05, 0.1) is 4.47 Å². The van der Waals surface area contributed by atoms with Gasteiger partial charge in [0.2, 0.25) is 0 Å². The SMILES string of the molecule is Cc1cc(Br)ccc1Oc1ccc(CCl)cc1Br. The molecular weight excluding hydrogens is 379 g/mol. The van der Waals surface area contributed by atoms with Gasteiger partial charge in [-0.3, -0.25) is 0 Å². The fourth-order valence-corrected chi connectivity index (χ4v) is 2.70. The molecule has 0 bridgehead atoms. The van der Waals surface area contributed by atoms with Crippen molar-refractivity contribution < 1.29 is 4.74 Å². The summed E-state index contributed by atoms with van der Waals surface area (Å²) in [4.78, 5) is 0. The predicted molar refractivity (Wildman–Crippen MR) is 82.7 cm³/mol. The molecule has 0 heterocycles. The minimum absolute atomic E-state index is 0.496. The Hall–Kier alpha value is -0.510. The average Bonchev–Trinajstić information content (AvgIpc) is 2.34. The average molecular weight is 391 g/mol. The zero-order valence-electron chi connectivity index (χ0n) is 9.71. The van der Waals surface area contributed by atoms with E-state index in [0.717, 1.165) is 31.6 Å². The van der Waals surface area contributed by atoms with Crippen LogP contribution in [0.4, 0.5) is 0 Å². The lowest BCUT2D eigenvalue weighted by molar-refractivity contribution is 0.475. The number of halogens is 3. The summed E-state index contributed by atoms with van der Waals surface area (Å²) in [5, 5.41) is 0. The first-order valence-electron chi connectivity index (χ1n) is 5.38. The van der Waals surface area contributed by atoms with Crippen molar-refractivity contribution in [3.63, 3.8) is 0 Å². The summed E-state index contributed by atoms with van der Waals surface area (Å²) in [5.41, 5.74) is 2.14. The van der Waals surface area contributed by atoms with E-state index in [1.165, 1.54) is 0 Å². The van der Waals surface area contributed by atoms with Gasteiger partial charge in [-0.15, -0.1) is 11.6 Å². The highest BCUT2D eigenvalue weighted by molar-refractivity contribution is 9.10. The summed E-state index contributed by atoms with van der Waals surface area (Å²) in [6, 6.07) is 11.8. The molecular formula is C14H11Br2ClO. The number of benzene rings is 2. The molecule has 0 aliphatic rings. The van der Waals surface area contributed by atoms with Gasteiger partial charge in [0.1, 0.15) is 11.5 Å². The van der Waals surface area contributed by atoms with Gasteiger partial charge in [0, 0.05) is 10.4 Å². The normalized spacial score (nSPS) is 10.4. The number of rotatable bonds is 3. The van der Waals surface area contributed by atoms with Gasteiger partial charge in [-0.2, -0.15) is 0 Å². The molecule has 0 aliphatic heterocycles. The van der Waals surface area contributed by atoms with Gasteiger partial charge in [0.15, 0.2) is 0 Å². The van der Waals surface area contributed by atoms with Crippen LogP contribution in [0.1, 0.15) is 11.1 Å². The lowest BCUT2D eigenvalue weighted by Crippen LogP contribution is -1.89. The lowest BCUT2D eigenvalue weighted by Gasteiger charge is -2.11. The Morgan fingerprint density at radius 3 is 2.39 bits per heavy atom. The largest absolute Gasteiger partial charge is 0.456 e. The molecule has 0 unspecified atom stereocenters. The quantitative estimate of drug-likeness (QED) is 0.580. The standard InChI is InChI=1S/C14H11Br2ClO/c1-9-6-11(15)3-5-13(9)18-14-4-2-10(8-17)7-12(14)16/h2-7H,8H2,1H3. The number of alkyl halides is 1. The lowest BCUT2D eigenvalue weighted by atomic mass is 10.2. The number of hydrogen-bond acceptors (Lipinski definition) is 1. The number of aryl methyl sites for hydroxylation is 1. The van der Waals surface area contributed by atoms with Crippen molar-refractivity contribution in [1.29, 1.82) is 0 Å². The van der Waals surface area contributed by atoms with Gasteiger partial charge in [0.25, 0.3) is 0 Å². The maximum absolute atomic E-state index is 5.88. The monoisotopic (exact) mass is 388 g/mol. The van der Waals surface area contributed by atoms with Crippen molar-refractivity contribution in [2.45, 2.75) is 12.8 Å². The second kappa shape index (κ2) is 6.09. The molecule has 0 amide bonds. The van der Waals surface area contributed by atoms with Crippen LogP contribution < -0.4 is 4.74 Å². The van der Waals surface area contributed by atoms with E-state index in [2.05, 4.69) is 31.9 Å². The third-order valence-corrected chi connectivity index (χ3v) is 3.93. The first kappa shape index (κ1) is 13.9. The van der Waals surface area contributed by atoms with Gasteiger partial charge in [-0.25, -0.2) is 0 Å². The van der Waals surface area contributed by atoms with Crippen molar-refractivity contribution in [3.05, 3.63) is 56.5 Å². The minimum Gasteiger partial charge on any atom is -0.456 e. The summed E-state index contributed by atoms with van der Waals surface area (Å²) in [7, 11) is 0. The first-order valence-corrected chi connectivity index (χ1v) is 7.50. The van der Waals surface area contributed by atoms with Crippen LogP contribution in [-0.2, 0) is 5.88 Å². The molecule has 0 aliphatic carbocycles. The van der Waals surface area contributed by atoms with Crippen LogP contribution in [0.15, 0.2) is 45.3 Å². The third-order valence-electron chi connectivity index (χ3n) is 2.51. The Bertz CT molecular complexity index is 570. The Kier molecular flexibility index (Phi) is 4.71. The molecule has 1 nitrogen and oxygen atoms in total. The summed E-state index contributed by atoms with van der Waals surface area (Å²) in [6.07, 6.45) is 0. The van der Waals surface area contributed by atoms with E-state index in [-0.39, 0.29) is 0 Å². The third kappa shape index (κ3) is 3.28. The van der Waals surface area contributed by atoms with Crippen LogP contribution in [0.25, 0.3) is 0 Å². The van der Waals surface area contributed by atoms with Crippen molar-refractivity contribution in [1.82, 2.24) is 0 Å². The van der Waals surface area contributed by atoms with Gasteiger partial charge in [-0.1, -0.05) is 22.0 Å². The molecule has 0 aromatic heterocycles. The Balaban J connectivity index is 2.28. The molecule has 94 valence electrons. The van der Waals surface area contributed by atoms with E-state index < -0.39 is 0 Å². The molecule has 0 radical (unpaired) electrons. The molecule has 0 N–H and O–H groups in total. The molecule has 2 rings (SSSR count). The highest BCUT2D eigenvalue weighted by Gasteiger charge is 2.06. The van der Waals surface area contributed by atoms with Gasteiger partial charge < -0.3 is 4.74 Å². The summed E-state index contributed by atoms with van der Waals surface area (Å²) < 4.78 is 7.83. The van der Waals surface area contributed by atoms with Crippen LogP contribution >= 0.6 is 43.5 Å². The van der Waals surface area contributed by atoms with E-state index in [9.17, 15) is 0 Å². The van der Waals surface area contributed by atoms with Crippen LogP contribution in [0, 0.1) is 6.92 Å². The van der Waals surface area contributed by atoms with Crippen molar-refractivity contribution in [2.75, 3.05) is 0 Å². The van der Waals surface area contributed by atoms with E-state index >= 15 is 0 Å². The van der Waals surface area contributed by atoms with Crippen molar-refractivity contribution >= 4 is 43.5 Å². The first-order chi connectivity index (χ1) is 8.60. The smallest absolute Gasteiger partial charge is 0.141 e. The van der Waals surface area contributed by atoms with Crippen LogP contribution in [0.2, 0.25) is 0 Å². The minimum atomic E-state index is 0.496. The Morgan fingerprint density at radius 2 is 1.78 bits per heavy atom. The summed E-state index contributed by atoms with van der Waals surface area (Å²) in [6.45, 7) is 2.02. The van der Waals surface area contributed by atoms with Gasteiger partial charge in [-0.05, 0) is 64.3 Å². The second-order valence-electron chi connectivity index (χ2n) is 3.91. The van der Waals surface area contributed by atoms with Crippen LogP contribution in [0.5, 0.6) is 11.5 Å². The Labute approximate surface area is 128 Å². The second-order valence-corrected chi connectivity index (χ2v) is 5.95.